The monoisotopic (exact) mass is 234 g/mol. The molecule has 1 aromatic carbocycles. The smallest absolute Gasteiger partial charge is 0.390 e. The van der Waals surface area contributed by atoms with Crippen molar-refractivity contribution < 1.29 is 22.7 Å². The van der Waals surface area contributed by atoms with Gasteiger partial charge in [-0.3, -0.25) is 0 Å². The number of rotatable bonds is 2. The van der Waals surface area contributed by atoms with Gasteiger partial charge in [-0.2, -0.15) is 13.2 Å². The zero-order valence-corrected chi connectivity index (χ0v) is 8.31. The largest absolute Gasteiger partial charge is 0.416 e. The molecule has 5 heteroatoms. The van der Waals surface area contributed by atoms with Crippen LogP contribution in [0, 0.1) is 5.82 Å². The Morgan fingerprint density at radius 3 is 2.31 bits per heavy atom. The molecule has 1 nitrogen and oxygen atoms in total. The second kappa shape index (κ2) is 3.45. The van der Waals surface area contributed by atoms with Crippen LogP contribution < -0.4 is 0 Å². The van der Waals surface area contributed by atoms with Gasteiger partial charge < -0.3 is 5.11 Å². The van der Waals surface area contributed by atoms with E-state index in [0.717, 1.165) is 12.1 Å². The molecule has 0 saturated heterocycles. The van der Waals surface area contributed by atoms with Gasteiger partial charge in [0.05, 0.1) is 11.2 Å². The summed E-state index contributed by atoms with van der Waals surface area (Å²) in [4.78, 5) is 0. The van der Waals surface area contributed by atoms with E-state index in [-0.39, 0.29) is 12.0 Å². The highest BCUT2D eigenvalue weighted by Gasteiger charge is 2.41. The molecule has 88 valence electrons. The molecule has 0 heterocycles. The van der Waals surface area contributed by atoms with Gasteiger partial charge in [-0.25, -0.2) is 4.39 Å². The second-order valence-corrected chi connectivity index (χ2v) is 4.21. The van der Waals surface area contributed by atoms with E-state index in [1.54, 1.807) is 0 Å². The van der Waals surface area contributed by atoms with Crippen LogP contribution in [0.25, 0.3) is 0 Å². The van der Waals surface area contributed by atoms with Crippen molar-refractivity contribution in [2.24, 2.45) is 0 Å². The lowest BCUT2D eigenvalue weighted by Gasteiger charge is -2.11. The third kappa shape index (κ3) is 2.35. The summed E-state index contributed by atoms with van der Waals surface area (Å²) >= 11 is 0. The molecule has 0 spiro atoms. The highest BCUT2D eigenvalue weighted by molar-refractivity contribution is 5.28. The first-order valence-corrected chi connectivity index (χ1v) is 4.88. The molecular formula is C11H10F4O. The normalized spacial score (nSPS) is 18.6. The third-order valence-electron chi connectivity index (χ3n) is 2.73. The van der Waals surface area contributed by atoms with Crippen LogP contribution in [0.2, 0.25) is 0 Å². The van der Waals surface area contributed by atoms with E-state index in [0.29, 0.717) is 18.9 Å². The SMILES string of the molecule is OC1(Cc2ccc(C(F)(F)F)cc2F)CC1. The minimum atomic E-state index is -4.53. The lowest BCUT2D eigenvalue weighted by molar-refractivity contribution is -0.137. The molecule has 0 aliphatic heterocycles. The van der Waals surface area contributed by atoms with E-state index in [2.05, 4.69) is 0 Å². The van der Waals surface area contributed by atoms with Crippen molar-refractivity contribution in [3.8, 4) is 0 Å². The molecule has 2 rings (SSSR count). The Morgan fingerprint density at radius 2 is 1.88 bits per heavy atom. The Hall–Kier alpha value is -1.10. The molecule has 1 N–H and O–H groups in total. The lowest BCUT2D eigenvalue weighted by atomic mass is 10.0. The lowest BCUT2D eigenvalue weighted by Crippen LogP contribution is -2.13. The summed E-state index contributed by atoms with van der Waals surface area (Å²) in [5.41, 5.74) is -1.77. The summed E-state index contributed by atoms with van der Waals surface area (Å²) in [6.07, 6.45) is -3.30. The Morgan fingerprint density at radius 1 is 1.25 bits per heavy atom. The summed E-state index contributed by atoms with van der Waals surface area (Å²) in [5, 5.41) is 9.55. The first-order valence-electron chi connectivity index (χ1n) is 4.88. The average Bonchev–Trinajstić information content (AvgIpc) is 2.86. The van der Waals surface area contributed by atoms with Crippen LogP contribution in [-0.2, 0) is 12.6 Å². The maximum absolute atomic E-state index is 13.3. The zero-order chi connectivity index (χ0) is 12.0. The fourth-order valence-electron chi connectivity index (χ4n) is 1.54. The fourth-order valence-corrected chi connectivity index (χ4v) is 1.54. The van der Waals surface area contributed by atoms with E-state index in [4.69, 9.17) is 0 Å². The van der Waals surface area contributed by atoms with Crippen molar-refractivity contribution in [2.45, 2.75) is 31.0 Å². The summed E-state index contributed by atoms with van der Waals surface area (Å²) in [7, 11) is 0. The predicted molar refractivity (Wildman–Crippen MR) is 49.3 cm³/mol. The first kappa shape index (κ1) is 11.4. The number of alkyl halides is 3. The van der Waals surface area contributed by atoms with E-state index in [1.165, 1.54) is 0 Å². The molecule has 0 amide bonds. The van der Waals surface area contributed by atoms with E-state index in [1.807, 2.05) is 0 Å². The molecule has 0 bridgehead atoms. The molecular weight excluding hydrogens is 224 g/mol. The number of hydrogen-bond acceptors (Lipinski definition) is 1. The molecule has 0 aromatic heterocycles. The van der Waals surface area contributed by atoms with Gasteiger partial charge in [0.2, 0.25) is 0 Å². The van der Waals surface area contributed by atoms with Gasteiger partial charge in [-0.1, -0.05) is 6.07 Å². The van der Waals surface area contributed by atoms with Crippen LogP contribution in [0.1, 0.15) is 24.0 Å². The fraction of sp³-hybridized carbons (Fsp3) is 0.455. The molecule has 1 aliphatic carbocycles. The molecule has 0 unspecified atom stereocenters. The Labute approximate surface area is 89.7 Å². The molecule has 16 heavy (non-hydrogen) atoms. The van der Waals surface area contributed by atoms with Crippen LogP contribution in [0.15, 0.2) is 18.2 Å². The summed E-state index contributed by atoms with van der Waals surface area (Å²) in [6, 6.07) is 2.40. The Kier molecular flexibility index (Phi) is 2.45. The van der Waals surface area contributed by atoms with E-state index in [9.17, 15) is 22.7 Å². The van der Waals surface area contributed by atoms with Gasteiger partial charge in [0, 0.05) is 6.42 Å². The van der Waals surface area contributed by atoms with E-state index < -0.39 is 23.2 Å². The molecule has 1 aromatic rings. The molecule has 1 saturated carbocycles. The summed E-state index contributed by atoms with van der Waals surface area (Å²) in [6.45, 7) is 0. The zero-order valence-electron chi connectivity index (χ0n) is 8.31. The highest BCUT2D eigenvalue weighted by atomic mass is 19.4. The van der Waals surface area contributed by atoms with E-state index >= 15 is 0 Å². The average molecular weight is 234 g/mol. The van der Waals surface area contributed by atoms with Gasteiger partial charge >= 0.3 is 6.18 Å². The maximum Gasteiger partial charge on any atom is 0.416 e. The van der Waals surface area contributed by atoms with Crippen LogP contribution in [0.3, 0.4) is 0 Å². The summed E-state index contributed by atoms with van der Waals surface area (Å²) < 4.78 is 50.0. The second-order valence-electron chi connectivity index (χ2n) is 4.21. The standard InChI is InChI=1S/C11H10F4O/c12-9-5-8(11(13,14)15)2-1-7(9)6-10(16)3-4-10/h1-2,5,16H,3-4,6H2. The minimum Gasteiger partial charge on any atom is -0.390 e. The quantitative estimate of drug-likeness (QED) is 0.780. The highest BCUT2D eigenvalue weighted by Crippen LogP contribution is 2.39. The van der Waals surface area contributed by atoms with Crippen molar-refractivity contribution in [1.29, 1.82) is 0 Å². The summed E-state index contributed by atoms with van der Waals surface area (Å²) in [5.74, 6) is -0.907. The number of halogens is 4. The maximum atomic E-state index is 13.3. The van der Waals surface area contributed by atoms with Gasteiger partial charge in [-0.15, -0.1) is 0 Å². The molecule has 0 atom stereocenters. The van der Waals surface area contributed by atoms with Crippen molar-refractivity contribution >= 4 is 0 Å². The number of hydrogen-bond donors (Lipinski definition) is 1. The first-order chi connectivity index (χ1) is 7.30. The third-order valence-corrected chi connectivity index (χ3v) is 2.73. The van der Waals surface area contributed by atoms with Gasteiger partial charge in [0.25, 0.3) is 0 Å². The van der Waals surface area contributed by atoms with Crippen molar-refractivity contribution in [3.05, 3.63) is 35.1 Å². The number of benzene rings is 1. The number of aliphatic hydroxyl groups is 1. The van der Waals surface area contributed by atoms with Gasteiger partial charge in [0.15, 0.2) is 0 Å². The van der Waals surface area contributed by atoms with Crippen LogP contribution in [-0.4, -0.2) is 10.7 Å². The topological polar surface area (TPSA) is 20.2 Å². The molecule has 1 fully saturated rings. The van der Waals surface area contributed by atoms with Gasteiger partial charge in [0.1, 0.15) is 5.82 Å². The Bertz CT molecular complexity index is 407. The molecule has 1 aliphatic rings. The predicted octanol–water partition coefficient (Wildman–Crippen LogP) is 2.91. The van der Waals surface area contributed by atoms with Crippen molar-refractivity contribution in [2.75, 3.05) is 0 Å². The van der Waals surface area contributed by atoms with Crippen LogP contribution in [0.4, 0.5) is 17.6 Å². The van der Waals surface area contributed by atoms with Crippen LogP contribution in [0.5, 0.6) is 0 Å². The molecule has 0 radical (unpaired) electrons. The van der Waals surface area contributed by atoms with Crippen molar-refractivity contribution in [1.82, 2.24) is 0 Å². The van der Waals surface area contributed by atoms with Crippen molar-refractivity contribution in [3.63, 3.8) is 0 Å². The van der Waals surface area contributed by atoms with Crippen LogP contribution >= 0.6 is 0 Å². The Balaban J connectivity index is 2.23. The minimum absolute atomic E-state index is 0.0803. The van der Waals surface area contributed by atoms with Gasteiger partial charge in [-0.05, 0) is 30.5 Å².